The molecule has 0 aliphatic heterocycles. The van der Waals surface area contributed by atoms with E-state index in [-0.39, 0.29) is 11.5 Å². The van der Waals surface area contributed by atoms with Gasteiger partial charge in [0, 0.05) is 11.6 Å². The zero-order valence-corrected chi connectivity index (χ0v) is 13.8. The zero-order valence-electron chi connectivity index (χ0n) is 11.4. The second-order valence-corrected chi connectivity index (χ2v) is 7.15. The molecule has 6 heteroatoms. The van der Waals surface area contributed by atoms with Crippen molar-refractivity contribution in [2.45, 2.75) is 5.75 Å². The van der Waals surface area contributed by atoms with Crippen molar-refractivity contribution >= 4 is 37.0 Å². The molecule has 0 aliphatic carbocycles. The van der Waals surface area contributed by atoms with Crippen LogP contribution < -0.4 is 4.18 Å². The van der Waals surface area contributed by atoms with E-state index in [2.05, 4.69) is 20.9 Å². The van der Waals surface area contributed by atoms with Crippen molar-refractivity contribution in [2.24, 2.45) is 0 Å². The summed E-state index contributed by atoms with van der Waals surface area (Å²) in [5.74, 6) is 0.0257. The second-order valence-electron chi connectivity index (χ2n) is 4.72. The minimum atomic E-state index is -3.77. The van der Waals surface area contributed by atoms with E-state index >= 15 is 0 Å². The highest BCUT2D eigenvalue weighted by Gasteiger charge is 2.18. The van der Waals surface area contributed by atoms with E-state index < -0.39 is 10.1 Å². The monoisotopic (exact) mass is 377 g/mol. The Morgan fingerprint density at radius 2 is 1.77 bits per heavy atom. The molecule has 112 valence electrons. The SMILES string of the molecule is O=S(=O)(Cc1ccccc1)Oc1c(Br)ccc2cccnc12. The maximum absolute atomic E-state index is 12.3. The van der Waals surface area contributed by atoms with Gasteiger partial charge in [-0.25, -0.2) is 0 Å². The Balaban J connectivity index is 1.97. The molecule has 1 heterocycles. The third-order valence-corrected chi connectivity index (χ3v) is 4.81. The van der Waals surface area contributed by atoms with Crippen molar-refractivity contribution in [3.8, 4) is 5.75 Å². The first-order chi connectivity index (χ1) is 10.6. The summed E-state index contributed by atoms with van der Waals surface area (Å²) in [5.41, 5.74) is 1.18. The van der Waals surface area contributed by atoms with Crippen LogP contribution in [0.1, 0.15) is 5.56 Å². The first-order valence-electron chi connectivity index (χ1n) is 6.54. The summed E-state index contributed by atoms with van der Waals surface area (Å²) in [6.45, 7) is 0. The largest absolute Gasteiger partial charge is 0.379 e. The van der Waals surface area contributed by atoms with Gasteiger partial charge in [-0.2, -0.15) is 8.42 Å². The molecular formula is C16H12BrNO3S. The van der Waals surface area contributed by atoms with Crippen molar-refractivity contribution in [2.75, 3.05) is 0 Å². The van der Waals surface area contributed by atoms with E-state index in [4.69, 9.17) is 4.18 Å². The molecule has 0 saturated heterocycles. The van der Waals surface area contributed by atoms with E-state index in [1.54, 1.807) is 42.6 Å². The molecule has 2 aromatic carbocycles. The molecule has 22 heavy (non-hydrogen) atoms. The average molecular weight is 378 g/mol. The molecule has 0 atom stereocenters. The van der Waals surface area contributed by atoms with Gasteiger partial charge in [-0.05, 0) is 33.6 Å². The number of hydrogen-bond acceptors (Lipinski definition) is 4. The van der Waals surface area contributed by atoms with E-state index in [1.165, 1.54) is 0 Å². The number of benzene rings is 2. The number of aromatic nitrogens is 1. The summed E-state index contributed by atoms with van der Waals surface area (Å²) in [6, 6.07) is 16.2. The van der Waals surface area contributed by atoms with E-state index in [1.807, 2.05) is 18.2 Å². The van der Waals surface area contributed by atoms with Crippen LogP contribution >= 0.6 is 15.9 Å². The molecular weight excluding hydrogens is 366 g/mol. The maximum Gasteiger partial charge on any atom is 0.313 e. The number of halogens is 1. The van der Waals surface area contributed by atoms with Crippen molar-refractivity contribution in [1.82, 2.24) is 4.98 Å². The lowest BCUT2D eigenvalue weighted by atomic mass is 10.2. The lowest BCUT2D eigenvalue weighted by Gasteiger charge is -2.11. The van der Waals surface area contributed by atoms with Crippen molar-refractivity contribution in [1.29, 1.82) is 0 Å². The van der Waals surface area contributed by atoms with Crippen LogP contribution in [-0.2, 0) is 15.9 Å². The molecule has 0 radical (unpaired) electrons. The molecule has 0 spiro atoms. The van der Waals surface area contributed by atoms with Gasteiger partial charge in [0.1, 0.15) is 11.3 Å². The smallest absolute Gasteiger partial charge is 0.313 e. The van der Waals surface area contributed by atoms with Crippen LogP contribution in [0.4, 0.5) is 0 Å². The average Bonchev–Trinajstić information content (AvgIpc) is 2.51. The summed E-state index contributed by atoms with van der Waals surface area (Å²) >= 11 is 3.33. The van der Waals surface area contributed by atoms with Gasteiger partial charge >= 0.3 is 10.1 Å². The first-order valence-corrected chi connectivity index (χ1v) is 8.91. The highest BCUT2D eigenvalue weighted by molar-refractivity contribution is 9.10. The quantitative estimate of drug-likeness (QED) is 0.646. The van der Waals surface area contributed by atoms with Crippen LogP contribution in [0.5, 0.6) is 5.75 Å². The van der Waals surface area contributed by atoms with Gasteiger partial charge < -0.3 is 4.18 Å². The molecule has 0 amide bonds. The highest BCUT2D eigenvalue weighted by atomic mass is 79.9. The normalized spacial score (nSPS) is 11.5. The minimum Gasteiger partial charge on any atom is -0.379 e. The van der Waals surface area contributed by atoms with Gasteiger partial charge in [0.05, 0.1) is 4.47 Å². The maximum atomic E-state index is 12.3. The molecule has 0 aliphatic rings. The lowest BCUT2D eigenvalue weighted by Crippen LogP contribution is -2.12. The molecule has 0 N–H and O–H groups in total. The van der Waals surface area contributed by atoms with Crippen LogP contribution in [0.15, 0.2) is 65.3 Å². The van der Waals surface area contributed by atoms with Crippen LogP contribution in [0, 0.1) is 0 Å². The third-order valence-electron chi connectivity index (χ3n) is 3.08. The molecule has 1 aromatic heterocycles. The Labute approximate surface area is 137 Å². The van der Waals surface area contributed by atoms with Gasteiger partial charge in [-0.1, -0.05) is 42.5 Å². The predicted octanol–water partition coefficient (Wildman–Crippen LogP) is 3.91. The molecule has 4 nitrogen and oxygen atoms in total. The number of pyridine rings is 1. The van der Waals surface area contributed by atoms with Gasteiger partial charge in [0.15, 0.2) is 5.75 Å². The fourth-order valence-electron chi connectivity index (χ4n) is 2.11. The van der Waals surface area contributed by atoms with E-state index in [0.29, 0.717) is 15.6 Å². The second kappa shape index (κ2) is 6.06. The Kier molecular flexibility index (Phi) is 4.13. The number of hydrogen-bond donors (Lipinski definition) is 0. The van der Waals surface area contributed by atoms with Gasteiger partial charge in [-0.15, -0.1) is 0 Å². The fraction of sp³-hybridized carbons (Fsp3) is 0.0625. The van der Waals surface area contributed by atoms with E-state index in [0.717, 1.165) is 5.39 Å². The predicted molar refractivity (Wildman–Crippen MR) is 89.1 cm³/mol. The van der Waals surface area contributed by atoms with Gasteiger partial charge in [0.2, 0.25) is 0 Å². The van der Waals surface area contributed by atoms with E-state index in [9.17, 15) is 8.42 Å². The Morgan fingerprint density at radius 3 is 2.55 bits per heavy atom. The molecule has 3 rings (SSSR count). The van der Waals surface area contributed by atoms with Crippen molar-refractivity contribution in [3.05, 3.63) is 70.8 Å². The molecule has 0 fully saturated rings. The van der Waals surface area contributed by atoms with Crippen LogP contribution in [0.25, 0.3) is 10.9 Å². The zero-order chi connectivity index (χ0) is 15.6. The topological polar surface area (TPSA) is 56.3 Å². The molecule has 0 saturated carbocycles. The number of fused-ring (bicyclic) bond motifs is 1. The standard InChI is InChI=1S/C16H12BrNO3S/c17-14-9-8-13-7-4-10-18-15(13)16(14)21-22(19,20)11-12-5-2-1-3-6-12/h1-10H,11H2. The van der Waals surface area contributed by atoms with Crippen LogP contribution in [-0.4, -0.2) is 13.4 Å². The number of rotatable bonds is 4. The first kappa shape index (κ1) is 15.0. The highest BCUT2D eigenvalue weighted by Crippen LogP contribution is 2.33. The summed E-state index contributed by atoms with van der Waals surface area (Å²) in [4.78, 5) is 4.21. The Morgan fingerprint density at radius 1 is 1.00 bits per heavy atom. The lowest BCUT2D eigenvalue weighted by molar-refractivity contribution is 0.485. The summed E-state index contributed by atoms with van der Waals surface area (Å²) in [5, 5.41) is 0.815. The van der Waals surface area contributed by atoms with Crippen molar-refractivity contribution in [3.63, 3.8) is 0 Å². The van der Waals surface area contributed by atoms with Gasteiger partial charge in [-0.3, -0.25) is 4.98 Å². The molecule has 3 aromatic rings. The van der Waals surface area contributed by atoms with Crippen LogP contribution in [0.2, 0.25) is 0 Å². The summed E-state index contributed by atoms with van der Waals surface area (Å²) < 4.78 is 30.5. The Bertz CT molecular complexity index is 911. The Hall–Kier alpha value is -1.92. The van der Waals surface area contributed by atoms with Gasteiger partial charge in [0.25, 0.3) is 0 Å². The summed E-state index contributed by atoms with van der Waals surface area (Å²) in [6.07, 6.45) is 1.60. The molecule has 0 bridgehead atoms. The fourth-order valence-corrected chi connectivity index (χ4v) is 3.70. The third kappa shape index (κ3) is 3.28. The summed E-state index contributed by atoms with van der Waals surface area (Å²) in [7, 11) is -3.77. The van der Waals surface area contributed by atoms with Crippen LogP contribution in [0.3, 0.4) is 0 Å². The number of nitrogens with zero attached hydrogens (tertiary/aromatic N) is 1. The molecule has 0 unspecified atom stereocenters. The van der Waals surface area contributed by atoms with Crippen molar-refractivity contribution < 1.29 is 12.6 Å². The minimum absolute atomic E-state index is 0.191.